The van der Waals surface area contributed by atoms with Crippen molar-refractivity contribution in [2.45, 2.75) is 31.2 Å². The van der Waals surface area contributed by atoms with E-state index in [1.54, 1.807) is 11.3 Å². The minimum Gasteiger partial charge on any atom is -0.309 e. The highest BCUT2D eigenvalue weighted by molar-refractivity contribution is 9.11. The van der Waals surface area contributed by atoms with E-state index in [-0.39, 0.29) is 6.04 Å². The first-order valence-electron chi connectivity index (χ1n) is 6.79. The fourth-order valence-corrected chi connectivity index (χ4v) is 3.90. The zero-order chi connectivity index (χ0) is 13.2. The molecule has 1 heterocycles. The Labute approximate surface area is 127 Å². The number of nitrogens with one attached hydrogen (secondary N) is 1. The summed E-state index contributed by atoms with van der Waals surface area (Å²) in [5, 5.41) is 5.62. The van der Waals surface area contributed by atoms with Crippen LogP contribution in [-0.4, -0.2) is 7.05 Å². The van der Waals surface area contributed by atoms with Crippen molar-refractivity contribution in [1.29, 1.82) is 0 Å². The van der Waals surface area contributed by atoms with Gasteiger partial charge in [0.25, 0.3) is 0 Å². The predicted molar refractivity (Wildman–Crippen MR) is 86.0 cm³/mol. The standard InChI is InChI=1S/C16H18BrNS/c1-18-16(14-9-15(17)19-10-14)13-7-5-12(6-8-13)11-3-2-4-11/h5-11,16,18H,2-4H2,1H3. The van der Waals surface area contributed by atoms with E-state index in [1.807, 2.05) is 7.05 Å². The lowest BCUT2D eigenvalue weighted by atomic mass is 9.80. The molecular weight excluding hydrogens is 318 g/mol. The summed E-state index contributed by atoms with van der Waals surface area (Å²) >= 11 is 5.28. The van der Waals surface area contributed by atoms with E-state index < -0.39 is 0 Å². The van der Waals surface area contributed by atoms with E-state index in [2.05, 4.69) is 57.0 Å². The van der Waals surface area contributed by atoms with E-state index in [9.17, 15) is 0 Å². The zero-order valence-corrected chi connectivity index (χ0v) is 13.4. The van der Waals surface area contributed by atoms with Crippen molar-refractivity contribution >= 4 is 27.3 Å². The Balaban J connectivity index is 1.83. The van der Waals surface area contributed by atoms with Gasteiger partial charge in [-0.3, -0.25) is 0 Å². The maximum atomic E-state index is 3.54. The third-order valence-electron chi connectivity index (χ3n) is 4.06. The van der Waals surface area contributed by atoms with Gasteiger partial charge in [0.2, 0.25) is 0 Å². The first-order valence-corrected chi connectivity index (χ1v) is 8.46. The van der Waals surface area contributed by atoms with E-state index in [1.165, 1.54) is 39.7 Å². The van der Waals surface area contributed by atoms with Gasteiger partial charge in [-0.15, -0.1) is 11.3 Å². The second kappa shape index (κ2) is 5.78. The van der Waals surface area contributed by atoms with Crippen LogP contribution >= 0.6 is 27.3 Å². The highest BCUT2D eigenvalue weighted by Gasteiger charge is 2.20. The van der Waals surface area contributed by atoms with Gasteiger partial charge in [0.15, 0.2) is 0 Å². The molecule has 1 unspecified atom stereocenters. The third kappa shape index (κ3) is 2.78. The van der Waals surface area contributed by atoms with Crippen LogP contribution in [0.15, 0.2) is 39.5 Å². The molecule has 0 radical (unpaired) electrons. The van der Waals surface area contributed by atoms with Gasteiger partial charge in [-0.05, 0) is 69.9 Å². The van der Waals surface area contributed by atoms with Crippen molar-refractivity contribution < 1.29 is 0 Å². The van der Waals surface area contributed by atoms with Crippen LogP contribution in [0.5, 0.6) is 0 Å². The number of thiophene rings is 1. The SMILES string of the molecule is CNC(c1ccc(C2CCC2)cc1)c1csc(Br)c1. The summed E-state index contributed by atoms with van der Waals surface area (Å²) in [6.07, 6.45) is 4.13. The van der Waals surface area contributed by atoms with Crippen LogP contribution in [0.4, 0.5) is 0 Å². The molecule has 1 aliphatic rings. The normalized spacial score (nSPS) is 17.2. The lowest BCUT2D eigenvalue weighted by Gasteiger charge is -2.26. The molecule has 1 aliphatic carbocycles. The number of benzene rings is 1. The topological polar surface area (TPSA) is 12.0 Å². The average molecular weight is 336 g/mol. The van der Waals surface area contributed by atoms with Crippen LogP contribution in [0.2, 0.25) is 0 Å². The van der Waals surface area contributed by atoms with Gasteiger partial charge < -0.3 is 5.32 Å². The summed E-state index contributed by atoms with van der Waals surface area (Å²) in [6.45, 7) is 0. The molecule has 100 valence electrons. The minimum atomic E-state index is 0.290. The summed E-state index contributed by atoms with van der Waals surface area (Å²) < 4.78 is 1.19. The molecule has 0 amide bonds. The fraction of sp³-hybridized carbons (Fsp3) is 0.375. The maximum absolute atomic E-state index is 3.54. The summed E-state index contributed by atoms with van der Waals surface area (Å²) in [5.41, 5.74) is 4.18. The van der Waals surface area contributed by atoms with Gasteiger partial charge in [0.1, 0.15) is 0 Å². The van der Waals surface area contributed by atoms with Crippen molar-refractivity contribution in [1.82, 2.24) is 5.32 Å². The number of hydrogen-bond donors (Lipinski definition) is 1. The molecule has 0 spiro atoms. The Morgan fingerprint density at radius 3 is 2.42 bits per heavy atom. The first kappa shape index (κ1) is 13.3. The van der Waals surface area contributed by atoms with Gasteiger partial charge in [0, 0.05) is 0 Å². The number of halogens is 1. The minimum absolute atomic E-state index is 0.290. The second-order valence-electron chi connectivity index (χ2n) is 5.20. The predicted octanol–water partition coefficient (Wildman–Crippen LogP) is 5.09. The smallest absolute Gasteiger partial charge is 0.0701 e. The lowest BCUT2D eigenvalue weighted by molar-refractivity contribution is 0.419. The van der Waals surface area contributed by atoms with Gasteiger partial charge >= 0.3 is 0 Å². The van der Waals surface area contributed by atoms with Crippen molar-refractivity contribution in [3.05, 3.63) is 56.2 Å². The quantitative estimate of drug-likeness (QED) is 0.820. The molecule has 1 fully saturated rings. The van der Waals surface area contributed by atoms with Crippen LogP contribution in [0.3, 0.4) is 0 Å². The van der Waals surface area contributed by atoms with Crippen LogP contribution in [-0.2, 0) is 0 Å². The number of hydrogen-bond acceptors (Lipinski definition) is 2. The van der Waals surface area contributed by atoms with Crippen LogP contribution in [0, 0.1) is 0 Å². The fourth-order valence-electron chi connectivity index (χ4n) is 2.70. The summed E-state index contributed by atoms with van der Waals surface area (Å²) in [6, 6.07) is 11.7. The molecule has 1 saturated carbocycles. The Morgan fingerprint density at radius 2 is 1.95 bits per heavy atom. The Morgan fingerprint density at radius 1 is 1.21 bits per heavy atom. The number of rotatable bonds is 4. The molecule has 1 atom stereocenters. The Bertz CT molecular complexity index is 542. The van der Waals surface area contributed by atoms with E-state index in [0.717, 1.165) is 5.92 Å². The Kier molecular flexibility index (Phi) is 4.06. The molecule has 3 heteroatoms. The second-order valence-corrected chi connectivity index (χ2v) is 7.49. The summed E-state index contributed by atoms with van der Waals surface area (Å²) in [4.78, 5) is 0. The molecule has 2 aromatic rings. The van der Waals surface area contributed by atoms with Crippen molar-refractivity contribution in [2.75, 3.05) is 7.05 Å². The maximum Gasteiger partial charge on any atom is 0.0701 e. The van der Waals surface area contributed by atoms with E-state index in [4.69, 9.17) is 0 Å². The van der Waals surface area contributed by atoms with Crippen LogP contribution in [0.25, 0.3) is 0 Å². The van der Waals surface area contributed by atoms with Gasteiger partial charge in [-0.25, -0.2) is 0 Å². The average Bonchev–Trinajstić information content (AvgIpc) is 2.77. The summed E-state index contributed by atoms with van der Waals surface area (Å²) in [5.74, 6) is 0.817. The molecule has 1 nitrogen and oxygen atoms in total. The third-order valence-corrected chi connectivity index (χ3v) is 5.58. The van der Waals surface area contributed by atoms with E-state index in [0.29, 0.717) is 0 Å². The summed E-state index contributed by atoms with van der Waals surface area (Å²) in [7, 11) is 2.02. The molecule has 0 saturated heterocycles. The van der Waals surface area contributed by atoms with E-state index >= 15 is 0 Å². The van der Waals surface area contributed by atoms with Gasteiger partial charge in [-0.2, -0.15) is 0 Å². The van der Waals surface area contributed by atoms with Gasteiger partial charge in [-0.1, -0.05) is 30.7 Å². The molecule has 0 aliphatic heterocycles. The zero-order valence-electron chi connectivity index (χ0n) is 11.0. The molecule has 1 N–H and O–H groups in total. The monoisotopic (exact) mass is 335 g/mol. The highest BCUT2D eigenvalue weighted by Crippen LogP contribution is 2.37. The molecule has 1 aromatic carbocycles. The van der Waals surface area contributed by atoms with Crippen molar-refractivity contribution in [3.63, 3.8) is 0 Å². The molecule has 0 bridgehead atoms. The van der Waals surface area contributed by atoms with Crippen molar-refractivity contribution in [3.8, 4) is 0 Å². The molecular formula is C16H18BrNS. The highest BCUT2D eigenvalue weighted by atomic mass is 79.9. The van der Waals surface area contributed by atoms with Gasteiger partial charge in [0.05, 0.1) is 9.83 Å². The van der Waals surface area contributed by atoms with Crippen molar-refractivity contribution in [2.24, 2.45) is 0 Å². The van der Waals surface area contributed by atoms with Crippen LogP contribution < -0.4 is 5.32 Å². The first-order chi connectivity index (χ1) is 9.28. The lowest BCUT2D eigenvalue weighted by Crippen LogP contribution is -2.17. The Hall–Kier alpha value is -0.640. The molecule has 3 rings (SSSR count). The molecule has 1 aromatic heterocycles. The van der Waals surface area contributed by atoms with Crippen LogP contribution in [0.1, 0.15) is 47.9 Å². The molecule has 19 heavy (non-hydrogen) atoms. The largest absolute Gasteiger partial charge is 0.309 e.